The number of anilines is 1. The van der Waals surface area contributed by atoms with E-state index in [0.717, 1.165) is 15.9 Å². The molecule has 4 heteroatoms. The van der Waals surface area contributed by atoms with Gasteiger partial charge in [-0.05, 0) is 59.2 Å². The molecule has 2 aliphatic rings. The molecule has 3 nitrogen and oxygen atoms in total. The summed E-state index contributed by atoms with van der Waals surface area (Å²) in [6.45, 7) is 1.98. The molecular weight excluding hydrogens is 292 g/mol. The summed E-state index contributed by atoms with van der Waals surface area (Å²) in [7, 11) is 0. The largest absolute Gasteiger partial charge is 0.324 e. The molecule has 1 heterocycles. The number of halogens is 1. The highest BCUT2D eigenvalue weighted by Crippen LogP contribution is 2.55. The van der Waals surface area contributed by atoms with Crippen molar-refractivity contribution in [3.8, 4) is 0 Å². The fourth-order valence-electron chi connectivity index (χ4n) is 3.23. The molecule has 2 atom stereocenters. The summed E-state index contributed by atoms with van der Waals surface area (Å²) in [4.78, 5) is 16.4. The third-order valence-electron chi connectivity index (χ3n) is 4.24. The van der Waals surface area contributed by atoms with Crippen molar-refractivity contribution < 1.29 is 4.79 Å². The molecule has 2 aliphatic carbocycles. The first-order chi connectivity index (χ1) is 8.66. The van der Waals surface area contributed by atoms with Gasteiger partial charge in [0.05, 0.1) is 11.9 Å². The standard InChI is InChI=1S/C14H17BrN2O/c1-8-6-9(7-16-13(8)15)17-14(18)12-10-4-2-3-5-11(10)12/h6-7,10-12H,2-5H2,1H3,(H,17,18). The van der Waals surface area contributed by atoms with Gasteiger partial charge in [0, 0.05) is 5.92 Å². The van der Waals surface area contributed by atoms with E-state index in [4.69, 9.17) is 0 Å². The van der Waals surface area contributed by atoms with Gasteiger partial charge in [-0.15, -0.1) is 0 Å². The Hall–Kier alpha value is -0.900. The molecule has 2 saturated carbocycles. The quantitative estimate of drug-likeness (QED) is 0.849. The average Bonchev–Trinajstić information content (AvgIpc) is 3.08. The van der Waals surface area contributed by atoms with Crippen molar-refractivity contribution in [1.29, 1.82) is 0 Å². The van der Waals surface area contributed by atoms with Crippen LogP contribution in [0.15, 0.2) is 16.9 Å². The molecule has 18 heavy (non-hydrogen) atoms. The molecule has 0 aliphatic heterocycles. The molecule has 1 N–H and O–H groups in total. The van der Waals surface area contributed by atoms with E-state index in [0.29, 0.717) is 11.8 Å². The zero-order valence-corrected chi connectivity index (χ0v) is 12.0. The van der Waals surface area contributed by atoms with E-state index in [9.17, 15) is 4.79 Å². The van der Waals surface area contributed by atoms with E-state index >= 15 is 0 Å². The van der Waals surface area contributed by atoms with Crippen molar-refractivity contribution in [2.75, 3.05) is 5.32 Å². The maximum absolute atomic E-state index is 12.2. The summed E-state index contributed by atoms with van der Waals surface area (Å²) in [5, 5.41) is 3.01. The van der Waals surface area contributed by atoms with Gasteiger partial charge in [0.2, 0.25) is 5.91 Å². The Morgan fingerprint density at radius 2 is 2.06 bits per heavy atom. The normalized spacial score (nSPS) is 29.6. The van der Waals surface area contributed by atoms with E-state index in [1.54, 1.807) is 6.20 Å². The van der Waals surface area contributed by atoms with E-state index < -0.39 is 0 Å². The molecule has 1 aromatic heterocycles. The van der Waals surface area contributed by atoms with Gasteiger partial charge in [-0.25, -0.2) is 4.98 Å². The molecule has 0 radical (unpaired) electrons. The van der Waals surface area contributed by atoms with Crippen molar-refractivity contribution in [3.05, 3.63) is 22.4 Å². The highest BCUT2D eigenvalue weighted by Gasteiger charge is 2.54. The van der Waals surface area contributed by atoms with Crippen LogP contribution in [0.5, 0.6) is 0 Å². The summed E-state index contributed by atoms with van der Waals surface area (Å²) in [6.07, 6.45) is 6.77. The summed E-state index contributed by atoms with van der Waals surface area (Å²) in [6, 6.07) is 1.96. The zero-order chi connectivity index (χ0) is 12.7. The van der Waals surface area contributed by atoms with Gasteiger partial charge in [0.15, 0.2) is 0 Å². The minimum absolute atomic E-state index is 0.190. The number of nitrogens with one attached hydrogen (secondary N) is 1. The number of hydrogen-bond acceptors (Lipinski definition) is 2. The van der Waals surface area contributed by atoms with Crippen LogP contribution in [-0.4, -0.2) is 10.9 Å². The average molecular weight is 309 g/mol. The van der Waals surface area contributed by atoms with Gasteiger partial charge in [0.1, 0.15) is 4.60 Å². The van der Waals surface area contributed by atoms with Crippen LogP contribution in [0.3, 0.4) is 0 Å². The lowest BCUT2D eigenvalue weighted by Gasteiger charge is -2.06. The minimum atomic E-state index is 0.190. The predicted octanol–water partition coefficient (Wildman–Crippen LogP) is 3.53. The molecule has 1 amide bonds. The van der Waals surface area contributed by atoms with Gasteiger partial charge in [0.25, 0.3) is 0 Å². The van der Waals surface area contributed by atoms with Crippen molar-refractivity contribution in [3.63, 3.8) is 0 Å². The van der Waals surface area contributed by atoms with E-state index in [2.05, 4.69) is 26.2 Å². The van der Waals surface area contributed by atoms with E-state index in [-0.39, 0.29) is 11.8 Å². The second-order valence-electron chi connectivity index (χ2n) is 5.46. The lowest BCUT2D eigenvalue weighted by Crippen LogP contribution is -2.15. The second kappa shape index (κ2) is 4.65. The number of rotatable bonds is 2. The Morgan fingerprint density at radius 1 is 1.39 bits per heavy atom. The summed E-state index contributed by atoms with van der Waals surface area (Å²) in [5.41, 5.74) is 1.85. The van der Waals surface area contributed by atoms with Crippen molar-refractivity contribution in [1.82, 2.24) is 4.98 Å². The number of nitrogens with zero attached hydrogens (tertiary/aromatic N) is 1. The molecule has 0 spiro atoms. The van der Waals surface area contributed by atoms with Crippen LogP contribution in [0.25, 0.3) is 0 Å². The highest BCUT2D eigenvalue weighted by atomic mass is 79.9. The summed E-state index contributed by atoms with van der Waals surface area (Å²) in [5.74, 6) is 1.76. The summed E-state index contributed by atoms with van der Waals surface area (Å²) >= 11 is 3.36. The van der Waals surface area contributed by atoms with Gasteiger partial charge >= 0.3 is 0 Å². The molecule has 0 saturated heterocycles. The Kier molecular flexibility index (Phi) is 3.14. The Bertz CT molecular complexity index is 477. The molecule has 1 aromatic rings. The van der Waals surface area contributed by atoms with Crippen molar-refractivity contribution in [2.45, 2.75) is 32.6 Å². The molecule has 96 valence electrons. The maximum atomic E-state index is 12.2. The second-order valence-corrected chi connectivity index (χ2v) is 6.21. The maximum Gasteiger partial charge on any atom is 0.228 e. The number of aryl methyl sites for hydroxylation is 1. The van der Waals surface area contributed by atoms with Gasteiger partial charge in [-0.2, -0.15) is 0 Å². The van der Waals surface area contributed by atoms with Gasteiger partial charge in [-0.3, -0.25) is 4.79 Å². The van der Waals surface area contributed by atoms with Crippen LogP contribution in [0.4, 0.5) is 5.69 Å². The first kappa shape index (κ1) is 12.2. The Balaban J connectivity index is 1.66. The van der Waals surface area contributed by atoms with Crippen molar-refractivity contribution >= 4 is 27.5 Å². The Morgan fingerprint density at radius 3 is 2.67 bits per heavy atom. The number of aromatic nitrogens is 1. The van der Waals surface area contributed by atoms with Gasteiger partial charge in [-0.1, -0.05) is 12.8 Å². The number of hydrogen-bond donors (Lipinski definition) is 1. The molecular formula is C14H17BrN2O. The van der Waals surface area contributed by atoms with Crippen LogP contribution < -0.4 is 5.32 Å². The topological polar surface area (TPSA) is 42.0 Å². The lowest BCUT2D eigenvalue weighted by molar-refractivity contribution is -0.117. The Labute approximate surface area is 116 Å². The van der Waals surface area contributed by atoms with Crippen molar-refractivity contribution in [2.24, 2.45) is 17.8 Å². The number of pyridine rings is 1. The zero-order valence-electron chi connectivity index (χ0n) is 10.4. The van der Waals surface area contributed by atoms with Crippen LogP contribution >= 0.6 is 15.9 Å². The molecule has 3 rings (SSSR count). The number of fused-ring (bicyclic) bond motifs is 1. The monoisotopic (exact) mass is 308 g/mol. The molecule has 2 fully saturated rings. The molecule has 2 unspecified atom stereocenters. The fourth-order valence-corrected chi connectivity index (χ4v) is 3.45. The van der Waals surface area contributed by atoms with Crippen LogP contribution in [0.1, 0.15) is 31.2 Å². The summed E-state index contributed by atoms with van der Waals surface area (Å²) < 4.78 is 0.834. The highest BCUT2D eigenvalue weighted by molar-refractivity contribution is 9.10. The number of carbonyl (C=O) groups excluding carboxylic acids is 1. The first-order valence-electron chi connectivity index (χ1n) is 6.60. The fraction of sp³-hybridized carbons (Fsp3) is 0.571. The third kappa shape index (κ3) is 2.18. The lowest BCUT2D eigenvalue weighted by atomic mass is 10.0. The smallest absolute Gasteiger partial charge is 0.228 e. The number of carbonyl (C=O) groups is 1. The van der Waals surface area contributed by atoms with Crippen LogP contribution in [0, 0.1) is 24.7 Å². The van der Waals surface area contributed by atoms with Gasteiger partial charge < -0.3 is 5.32 Å². The van der Waals surface area contributed by atoms with E-state index in [1.165, 1.54) is 25.7 Å². The number of amides is 1. The molecule has 0 bridgehead atoms. The minimum Gasteiger partial charge on any atom is -0.324 e. The van der Waals surface area contributed by atoms with E-state index in [1.807, 2.05) is 13.0 Å². The third-order valence-corrected chi connectivity index (χ3v) is 5.07. The SMILES string of the molecule is Cc1cc(NC(=O)C2C3CCCCC32)cnc1Br. The van der Waals surface area contributed by atoms with Crippen LogP contribution in [-0.2, 0) is 4.79 Å². The predicted molar refractivity (Wildman–Crippen MR) is 74.2 cm³/mol. The first-order valence-corrected chi connectivity index (χ1v) is 7.39. The molecule has 0 aromatic carbocycles. The van der Waals surface area contributed by atoms with Crippen LogP contribution in [0.2, 0.25) is 0 Å².